The highest BCUT2D eigenvalue weighted by Crippen LogP contribution is 2.14. The molecule has 2 aromatic heterocycles. The number of amides is 2. The minimum absolute atomic E-state index is 0.0222. The van der Waals surface area contributed by atoms with Gasteiger partial charge in [0.15, 0.2) is 0 Å². The number of carbonyl (C=O) groups excluding carboxylic acids is 1. The van der Waals surface area contributed by atoms with Crippen LogP contribution in [0.1, 0.15) is 23.9 Å². The molecule has 2 amide bonds. The quantitative estimate of drug-likeness (QED) is 0.762. The predicted molar refractivity (Wildman–Crippen MR) is 85.4 cm³/mol. The van der Waals surface area contributed by atoms with E-state index in [4.69, 9.17) is 9.26 Å². The van der Waals surface area contributed by atoms with E-state index in [1.807, 2.05) is 26.8 Å². The Morgan fingerprint density at radius 2 is 2.26 bits per heavy atom. The molecule has 124 valence electrons. The molecule has 2 aromatic rings. The van der Waals surface area contributed by atoms with Gasteiger partial charge in [-0.25, -0.2) is 4.79 Å². The number of hydrogen-bond donors (Lipinski definition) is 2. The fourth-order valence-corrected chi connectivity index (χ4v) is 2.19. The summed E-state index contributed by atoms with van der Waals surface area (Å²) in [6.45, 7) is 6.51. The van der Waals surface area contributed by atoms with Crippen molar-refractivity contribution in [3.05, 3.63) is 41.5 Å². The number of urea groups is 1. The minimum atomic E-state index is -0.223. The highest BCUT2D eigenvalue weighted by Gasteiger charge is 2.14. The number of carbonyl (C=O) groups is 1. The van der Waals surface area contributed by atoms with Gasteiger partial charge in [-0.1, -0.05) is 5.16 Å². The lowest BCUT2D eigenvalue weighted by atomic mass is 10.1. The molecule has 7 heteroatoms. The number of nitrogens with zero attached hydrogens (tertiary/aromatic N) is 2. The van der Waals surface area contributed by atoms with Crippen molar-refractivity contribution in [2.45, 2.75) is 33.2 Å². The second-order valence-corrected chi connectivity index (χ2v) is 5.35. The summed E-state index contributed by atoms with van der Waals surface area (Å²) in [4.78, 5) is 15.8. The van der Waals surface area contributed by atoms with Gasteiger partial charge in [-0.3, -0.25) is 4.98 Å². The smallest absolute Gasteiger partial charge is 0.315 e. The molecule has 0 saturated heterocycles. The molecule has 0 saturated carbocycles. The van der Waals surface area contributed by atoms with E-state index in [2.05, 4.69) is 20.8 Å². The molecule has 0 radical (unpaired) electrons. The van der Waals surface area contributed by atoms with Crippen molar-refractivity contribution in [3.8, 4) is 5.75 Å². The number of aryl methyl sites for hydroxylation is 2. The minimum Gasteiger partial charge on any atom is -0.490 e. The van der Waals surface area contributed by atoms with Gasteiger partial charge >= 0.3 is 6.03 Å². The Morgan fingerprint density at radius 1 is 1.43 bits per heavy atom. The SMILES string of the molecule is Cc1noc(C)c1C[C@H](C)NC(=O)NCCOc1cccnc1. The first-order valence-corrected chi connectivity index (χ1v) is 7.55. The van der Waals surface area contributed by atoms with Crippen LogP contribution in [0.25, 0.3) is 0 Å². The molecule has 0 aliphatic heterocycles. The van der Waals surface area contributed by atoms with Gasteiger partial charge in [-0.2, -0.15) is 0 Å². The van der Waals surface area contributed by atoms with Gasteiger partial charge in [0, 0.05) is 17.8 Å². The molecule has 1 atom stereocenters. The van der Waals surface area contributed by atoms with Crippen LogP contribution in [0.2, 0.25) is 0 Å². The summed E-state index contributed by atoms with van der Waals surface area (Å²) in [5.74, 6) is 1.47. The van der Waals surface area contributed by atoms with Crippen LogP contribution in [-0.2, 0) is 6.42 Å². The fourth-order valence-electron chi connectivity index (χ4n) is 2.19. The first-order valence-electron chi connectivity index (χ1n) is 7.55. The summed E-state index contributed by atoms with van der Waals surface area (Å²) in [5.41, 5.74) is 1.90. The Labute approximate surface area is 135 Å². The second-order valence-electron chi connectivity index (χ2n) is 5.35. The Kier molecular flexibility index (Phi) is 5.96. The number of rotatable bonds is 7. The van der Waals surface area contributed by atoms with Gasteiger partial charge < -0.3 is 19.9 Å². The van der Waals surface area contributed by atoms with E-state index in [-0.39, 0.29) is 12.1 Å². The van der Waals surface area contributed by atoms with Gasteiger partial charge in [0.1, 0.15) is 18.1 Å². The predicted octanol–water partition coefficient (Wildman–Crippen LogP) is 2.00. The van der Waals surface area contributed by atoms with E-state index in [0.717, 1.165) is 17.0 Å². The summed E-state index contributed by atoms with van der Waals surface area (Å²) < 4.78 is 10.6. The Bertz CT molecular complexity index is 608. The molecule has 0 aliphatic rings. The van der Waals surface area contributed by atoms with E-state index >= 15 is 0 Å². The normalized spacial score (nSPS) is 11.8. The second kappa shape index (κ2) is 8.17. The molecule has 23 heavy (non-hydrogen) atoms. The lowest BCUT2D eigenvalue weighted by Crippen LogP contribution is -2.43. The molecular weight excluding hydrogens is 296 g/mol. The van der Waals surface area contributed by atoms with Crippen molar-refractivity contribution in [1.82, 2.24) is 20.8 Å². The van der Waals surface area contributed by atoms with Gasteiger partial charge in [-0.05, 0) is 39.3 Å². The lowest BCUT2D eigenvalue weighted by Gasteiger charge is -2.14. The van der Waals surface area contributed by atoms with Crippen LogP contribution in [0.5, 0.6) is 5.75 Å². The van der Waals surface area contributed by atoms with Crippen molar-refractivity contribution in [1.29, 1.82) is 0 Å². The first-order chi connectivity index (χ1) is 11.1. The van der Waals surface area contributed by atoms with Gasteiger partial charge in [0.25, 0.3) is 0 Å². The maximum absolute atomic E-state index is 11.8. The van der Waals surface area contributed by atoms with Gasteiger partial charge in [0.2, 0.25) is 0 Å². The van der Waals surface area contributed by atoms with E-state index in [0.29, 0.717) is 25.3 Å². The Hall–Kier alpha value is -2.57. The van der Waals surface area contributed by atoms with Crippen LogP contribution < -0.4 is 15.4 Å². The summed E-state index contributed by atoms with van der Waals surface area (Å²) >= 11 is 0. The van der Waals surface area contributed by atoms with Crippen molar-refractivity contribution >= 4 is 6.03 Å². The Morgan fingerprint density at radius 3 is 2.91 bits per heavy atom. The molecular formula is C16H22N4O3. The zero-order chi connectivity index (χ0) is 16.7. The Balaban J connectivity index is 1.66. The van der Waals surface area contributed by atoms with E-state index in [1.165, 1.54) is 0 Å². The third-order valence-corrected chi connectivity index (χ3v) is 3.36. The molecule has 2 heterocycles. The lowest BCUT2D eigenvalue weighted by molar-refractivity contribution is 0.233. The highest BCUT2D eigenvalue weighted by atomic mass is 16.5. The summed E-state index contributed by atoms with van der Waals surface area (Å²) in [6, 6.07) is 3.37. The van der Waals surface area contributed by atoms with E-state index in [9.17, 15) is 4.79 Å². The van der Waals surface area contributed by atoms with Crippen molar-refractivity contribution < 1.29 is 14.1 Å². The van der Waals surface area contributed by atoms with Crippen LogP contribution in [0.15, 0.2) is 29.0 Å². The molecule has 2 N–H and O–H groups in total. The molecule has 7 nitrogen and oxygen atoms in total. The third kappa shape index (κ3) is 5.28. The number of nitrogens with one attached hydrogen (secondary N) is 2. The third-order valence-electron chi connectivity index (χ3n) is 3.36. The molecule has 0 bridgehead atoms. The summed E-state index contributed by atoms with van der Waals surface area (Å²) in [7, 11) is 0. The van der Waals surface area contributed by atoms with Gasteiger partial charge in [0.05, 0.1) is 18.4 Å². The number of ether oxygens (including phenoxy) is 1. The average Bonchev–Trinajstić information content (AvgIpc) is 2.84. The van der Waals surface area contributed by atoms with Gasteiger partial charge in [-0.15, -0.1) is 0 Å². The maximum Gasteiger partial charge on any atom is 0.315 e. The number of aromatic nitrogens is 2. The first kappa shape index (κ1) is 16.8. The topological polar surface area (TPSA) is 89.3 Å². The molecule has 0 spiro atoms. The molecule has 0 aliphatic carbocycles. The van der Waals surface area contributed by atoms with E-state index in [1.54, 1.807) is 18.5 Å². The summed E-state index contributed by atoms with van der Waals surface area (Å²) in [5, 5.41) is 9.55. The average molecular weight is 318 g/mol. The fraction of sp³-hybridized carbons (Fsp3) is 0.438. The van der Waals surface area contributed by atoms with Crippen LogP contribution in [0.4, 0.5) is 4.79 Å². The van der Waals surface area contributed by atoms with Crippen molar-refractivity contribution in [2.75, 3.05) is 13.2 Å². The van der Waals surface area contributed by atoms with Crippen LogP contribution in [0.3, 0.4) is 0 Å². The number of pyridine rings is 1. The standard InChI is InChI=1S/C16H22N4O3/c1-11(9-15-12(2)20-23-13(15)3)19-16(21)18-7-8-22-14-5-4-6-17-10-14/h4-6,10-11H,7-9H2,1-3H3,(H2,18,19,21)/t11-/m0/s1. The highest BCUT2D eigenvalue weighted by molar-refractivity contribution is 5.74. The van der Waals surface area contributed by atoms with Crippen molar-refractivity contribution in [3.63, 3.8) is 0 Å². The number of hydrogen-bond acceptors (Lipinski definition) is 5. The monoisotopic (exact) mass is 318 g/mol. The zero-order valence-corrected chi connectivity index (χ0v) is 13.6. The molecule has 2 rings (SSSR count). The summed E-state index contributed by atoms with van der Waals surface area (Å²) in [6.07, 6.45) is 3.99. The van der Waals surface area contributed by atoms with Crippen molar-refractivity contribution in [2.24, 2.45) is 0 Å². The van der Waals surface area contributed by atoms with Crippen LogP contribution in [-0.4, -0.2) is 35.4 Å². The molecule has 0 aromatic carbocycles. The van der Waals surface area contributed by atoms with E-state index < -0.39 is 0 Å². The maximum atomic E-state index is 11.8. The van der Waals surface area contributed by atoms with Crippen LogP contribution >= 0.6 is 0 Å². The molecule has 0 fully saturated rings. The molecule has 0 unspecified atom stereocenters. The largest absolute Gasteiger partial charge is 0.490 e. The van der Waals surface area contributed by atoms with Crippen LogP contribution in [0, 0.1) is 13.8 Å². The zero-order valence-electron chi connectivity index (χ0n) is 13.6.